The molecule has 2 nitrogen and oxygen atoms in total. The molecule has 0 fully saturated rings. The van der Waals surface area contributed by atoms with E-state index in [0.717, 1.165) is 17.7 Å². The van der Waals surface area contributed by atoms with E-state index in [4.69, 9.17) is 0 Å². The fraction of sp³-hybridized carbons (Fsp3) is 0.333. The van der Waals surface area contributed by atoms with Gasteiger partial charge in [-0.3, -0.25) is 0 Å². The van der Waals surface area contributed by atoms with Crippen LogP contribution >= 0.6 is 0 Å². The quantitative estimate of drug-likeness (QED) is 0.793. The molecule has 2 N–H and O–H groups in total. The van der Waals surface area contributed by atoms with Gasteiger partial charge in [0.05, 0.1) is 6.04 Å². The molecule has 0 spiro atoms. The lowest BCUT2D eigenvalue weighted by atomic mass is 10.0. The van der Waals surface area contributed by atoms with Crippen molar-refractivity contribution in [1.82, 2.24) is 0 Å². The van der Waals surface area contributed by atoms with Crippen molar-refractivity contribution < 1.29 is 5.11 Å². The molecular weight excluding hydrogens is 246 g/mol. The Balaban J connectivity index is 2.23. The van der Waals surface area contributed by atoms with Gasteiger partial charge < -0.3 is 10.4 Å². The van der Waals surface area contributed by atoms with Gasteiger partial charge in [-0.05, 0) is 36.1 Å². The highest BCUT2D eigenvalue weighted by molar-refractivity contribution is 5.50. The fourth-order valence-electron chi connectivity index (χ4n) is 2.37. The van der Waals surface area contributed by atoms with Crippen molar-refractivity contribution in [3.8, 4) is 5.75 Å². The van der Waals surface area contributed by atoms with Crippen LogP contribution in [0.4, 0.5) is 5.69 Å². The van der Waals surface area contributed by atoms with Gasteiger partial charge in [-0.15, -0.1) is 0 Å². The van der Waals surface area contributed by atoms with Gasteiger partial charge in [-0.1, -0.05) is 51.1 Å². The van der Waals surface area contributed by atoms with E-state index in [2.05, 4.69) is 50.4 Å². The van der Waals surface area contributed by atoms with Gasteiger partial charge in [-0.2, -0.15) is 0 Å². The molecule has 2 heteroatoms. The molecular formula is C18H23NO. The number of rotatable bonds is 5. The van der Waals surface area contributed by atoms with Crippen LogP contribution < -0.4 is 5.32 Å². The lowest BCUT2D eigenvalue weighted by Gasteiger charge is -2.20. The van der Waals surface area contributed by atoms with E-state index < -0.39 is 0 Å². The summed E-state index contributed by atoms with van der Waals surface area (Å²) < 4.78 is 0. The number of phenols is 1. The summed E-state index contributed by atoms with van der Waals surface area (Å²) in [4.78, 5) is 0. The highest BCUT2D eigenvalue weighted by Crippen LogP contribution is 2.30. The Labute approximate surface area is 121 Å². The van der Waals surface area contributed by atoms with E-state index in [-0.39, 0.29) is 6.04 Å². The van der Waals surface area contributed by atoms with Gasteiger partial charge in [-0.25, -0.2) is 0 Å². The molecule has 0 aromatic heterocycles. The first-order valence-electron chi connectivity index (χ1n) is 7.26. The molecule has 0 aliphatic heterocycles. The van der Waals surface area contributed by atoms with Crippen LogP contribution in [0.5, 0.6) is 5.75 Å². The molecule has 0 radical (unpaired) electrons. The Bertz CT molecular complexity index is 563. The number of nitrogens with one attached hydrogen (secondary N) is 1. The van der Waals surface area contributed by atoms with E-state index >= 15 is 0 Å². The molecule has 0 bridgehead atoms. The Morgan fingerprint density at radius 3 is 2.45 bits per heavy atom. The Hall–Kier alpha value is -1.96. The van der Waals surface area contributed by atoms with Crippen LogP contribution in [-0.4, -0.2) is 5.11 Å². The number of para-hydroxylation sites is 1. The lowest BCUT2D eigenvalue weighted by Crippen LogP contribution is -2.10. The molecule has 1 atom stereocenters. The summed E-state index contributed by atoms with van der Waals surface area (Å²) in [6.45, 7) is 6.51. The minimum Gasteiger partial charge on any atom is -0.508 e. The van der Waals surface area contributed by atoms with Gasteiger partial charge in [0, 0.05) is 11.3 Å². The zero-order chi connectivity index (χ0) is 14.5. The summed E-state index contributed by atoms with van der Waals surface area (Å²) in [6.07, 6.45) is 0.920. The van der Waals surface area contributed by atoms with Gasteiger partial charge in [0.15, 0.2) is 0 Å². The Kier molecular flexibility index (Phi) is 4.67. The minimum absolute atomic E-state index is 0.124. The third-order valence-electron chi connectivity index (χ3n) is 3.61. The van der Waals surface area contributed by atoms with Crippen molar-refractivity contribution in [2.24, 2.45) is 0 Å². The number of hydrogen-bond acceptors (Lipinski definition) is 2. The average molecular weight is 269 g/mol. The molecule has 2 rings (SSSR count). The molecule has 1 unspecified atom stereocenters. The molecule has 2 aromatic rings. The van der Waals surface area contributed by atoms with Crippen molar-refractivity contribution in [1.29, 1.82) is 0 Å². The largest absolute Gasteiger partial charge is 0.508 e. The first-order chi connectivity index (χ1) is 9.61. The maximum Gasteiger partial charge on any atom is 0.120 e. The van der Waals surface area contributed by atoms with E-state index in [1.165, 1.54) is 5.56 Å². The van der Waals surface area contributed by atoms with Crippen molar-refractivity contribution >= 4 is 5.69 Å². The molecule has 0 amide bonds. The predicted molar refractivity (Wildman–Crippen MR) is 85.3 cm³/mol. The van der Waals surface area contributed by atoms with Crippen molar-refractivity contribution in [2.45, 2.75) is 39.2 Å². The zero-order valence-electron chi connectivity index (χ0n) is 12.4. The second kappa shape index (κ2) is 6.47. The zero-order valence-corrected chi connectivity index (χ0v) is 12.4. The molecule has 0 saturated carbocycles. The summed E-state index contributed by atoms with van der Waals surface area (Å²) in [7, 11) is 0. The standard InChI is InChI=1S/C18H23NO/c1-4-17(16-10-5-6-11-18(16)20)19-15-9-7-8-14(12-15)13(2)3/h5-13,17,19-20H,4H2,1-3H3. The van der Waals surface area contributed by atoms with Gasteiger partial charge in [0.25, 0.3) is 0 Å². The Morgan fingerprint density at radius 2 is 1.80 bits per heavy atom. The molecule has 0 aliphatic carbocycles. The normalized spacial score (nSPS) is 12.4. The summed E-state index contributed by atoms with van der Waals surface area (Å²) in [5.41, 5.74) is 3.37. The van der Waals surface area contributed by atoms with Crippen molar-refractivity contribution in [3.63, 3.8) is 0 Å². The third-order valence-corrected chi connectivity index (χ3v) is 3.61. The maximum absolute atomic E-state index is 9.99. The molecule has 0 saturated heterocycles. The van der Waals surface area contributed by atoms with Crippen LogP contribution in [0, 0.1) is 0 Å². The van der Waals surface area contributed by atoms with Crippen LogP contribution in [0.2, 0.25) is 0 Å². The lowest BCUT2D eigenvalue weighted by molar-refractivity contribution is 0.463. The second-order valence-corrected chi connectivity index (χ2v) is 5.44. The third kappa shape index (κ3) is 3.32. The molecule has 2 aromatic carbocycles. The minimum atomic E-state index is 0.124. The SMILES string of the molecule is CCC(Nc1cccc(C(C)C)c1)c1ccccc1O. The van der Waals surface area contributed by atoms with Crippen LogP contribution in [-0.2, 0) is 0 Å². The van der Waals surface area contributed by atoms with E-state index in [9.17, 15) is 5.11 Å². The Morgan fingerprint density at radius 1 is 1.05 bits per heavy atom. The van der Waals surface area contributed by atoms with E-state index in [0.29, 0.717) is 11.7 Å². The number of anilines is 1. The smallest absolute Gasteiger partial charge is 0.120 e. The fourth-order valence-corrected chi connectivity index (χ4v) is 2.37. The van der Waals surface area contributed by atoms with Crippen LogP contribution in [0.15, 0.2) is 48.5 Å². The number of benzene rings is 2. The second-order valence-electron chi connectivity index (χ2n) is 5.44. The molecule has 0 aliphatic rings. The van der Waals surface area contributed by atoms with Crippen LogP contribution in [0.3, 0.4) is 0 Å². The first-order valence-corrected chi connectivity index (χ1v) is 7.26. The summed E-state index contributed by atoms with van der Waals surface area (Å²) in [5.74, 6) is 0.869. The number of hydrogen-bond donors (Lipinski definition) is 2. The number of phenolic OH excluding ortho intramolecular Hbond substituents is 1. The summed E-state index contributed by atoms with van der Waals surface area (Å²) >= 11 is 0. The van der Waals surface area contributed by atoms with Gasteiger partial charge >= 0.3 is 0 Å². The predicted octanol–water partition coefficient (Wildman–Crippen LogP) is 5.08. The van der Waals surface area contributed by atoms with Crippen LogP contribution in [0.25, 0.3) is 0 Å². The highest BCUT2D eigenvalue weighted by atomic mass is 16.3. The molecule has 0 heterocycles. The van der Waals surface area contributed by atoms with Crippen molar-refractivity contribution in [3.05, 3.63) is 59.7 Å². The summed E-state index contributed by atoms with van der Waals surface area (Å²) in [6, 6.07) is 16.1. The highest BCUT2D eigenvalue weighted by Gasteiger charge is 2.13. The monoisotopic (exact) mass is 269 g/mol. The van der Waals surface area contributed by atoms with Crippen molar-refractivity contribution in [2.75, 3.05) is 5.32 Å². The van der Waals surface area contributed by atoms with E-state index in [1.54, 1.807) is 6.07 Å². The summed E-state index contributed by atoms with van der Waals surface area (Å²) in [5, 5.41) is 13.5. The van der Waals surface area contributed by atoms with E-state index in [1.807, 2.05) is 18.2 Å². The van der Waals surface area contributed by atoms with Crippen LogP contribution in [0.1, 0.15) is 50.3 Å². The number of aromatic hydroxyl groups is 1. The molecule has 106 valence electrons. The van der Waals surface area contributed by atoms with Gasteiger partial charge in [0.1, 0.15) is 5.75 Å². The topological polar surface area (TPSA) is 32.3 Å². The average Bonchev–Trinajstić information content (AvgIpc) is 2.46. The first kappa shape index (κ1) is 14.4. The maximum atomic E-state index is 9.99. The van der Waals surface area contributed by atoms with Gasteiger partial charge in [0.2, 0.25) is 0 Å². The molecule has 20 heavy (non-hydrogen) atoms.